The molecular formula is C16H10Br2ClNO. The molecule has 2 aromatic carbocycles. The average molecular weight is 428 g/mol. The third kappa shape index (κ3) is 3.39. The van der Waals surface area contributed by atoms with Gasteiger partial charge in [0.2, 0.25) is 5.88 Å². The Balaban J connectivity index is 1.96. The molecule has 1 heterocycles. The summed E-state index contributed by atoms with van der Waals surface area (Å²) in [6.07, 6.45) is 1.70. The van der Waals surface area contributed by atoms with Crippen molar-refractivity contribution in [1.29, 1.82) is 0 Å². The van der Waals surface area contributed by atoms with Gasteiger partial charge in [-0.2, -0.15) is 0 Å². The van der Waals surface area contributed by atoms with E-state index in [-0.39, 0.29) is 0 Å². The van der Waals surface area contributed by atoms with Gasteiger partial charge in [0, 0.05) is 20.7 Å². The number of pyridine rings is 1. The summed E-state index contributed by atoms with van der Waals surface area (Å²) < 4.78 is 7.81. The van der Waals surface area contributed by atoms with Gasteiger partial charge in [-0.1, -0.05) is 28.1 Å². The maximum absolute atomic E-state index is 5.94. The van der Waals surface area contributed by atoms with Crippen molar-refractivity contribution in [3.63, 3.8) is 0 Å². The summed E-state index contributed by atoms with van der Waals surface area (Å²) in [6.45, 7) is 0. The molecule has 21 heavy (non-hydrogen) atoms. The first-order chi connectivity index (χ1) is 10.2. The Kier molecular flexibility index (Phi) is 4.48. The van der Waals surface area contributed by atoms with Crippen LogP contribution in [0.15, 0.2) is 57.6 Å². The molecule has 0 radical (unpaired) electrons. The van der Waals surface area contributed by atoms with E-state index in [0.29, 0.717) is 11.8 Å². The quantitative estimate of drug-likeness (QED) is 0.458. The highest BCUT2D eigenvalue weighted by Gasteiger charge is 2.07. The van der Waals surface area contributed by atoms with E-state index in [1.807, 2.05) is 36.4 Å². The molecule has 0 amide bonds. The van der Waals surface area contributed by atoms with Gasteiger partial charge in [0.1, 0.15) is 5.75 Å². The SMILES string of the molecule is ClCc1cc(Br)cnc1Oc1ccc2cc(Br)ccc2c1. The maximum Gasteiger partial charge on any atom is 0.223 e. The van der Waals surface area contributed by atoms with Gasteiger partial charge < -0.3 is 4.74 Å². The second kappa shape index (κ2) is 6.34. The molecule has 0 aliphatic heterocycles. The standard InChI is InChI=1S/C16H10Br2ClNO/c17-13-3-1-11-7-15(4-2-10(11)5-13)21-16-12(8-19)6-14(18)9-20-16/h1-7,9H,8H2. The first-order valence-electron chi connectivity index (χ1n) is 6.23. The van der Waals surface area contributed by atoms with Crippen LogP contribution in [0.4, 0.5) is 0 Å². The van der Waals surface area contributed by atoms with Gasteiger partial charge in [0.15, 0.2) is 0 Å². The van der Waals surface area contributed by atoms with Gasteiger partial charge in [-0.05, 0) is 57.0 Å². The summed E-state index contributed by atoms with van der Waals surface area (Å²) >= 11 is 12.8. The number of ether oxygens (including phenoxy) is 1. The zero-order chi connectivity index (χ0) is 14.8. The fourth-order valence-electron chi connectivity index (χ4n) is 2.03. The van der Waals surface area contributed by atoms with Gasteiger partial charge in [-0.25, -0.2) is 4.98 Å². The lowest BCUT2D eigenvalue weighted by atomic mass is 10.1. The Labute approximate surface area is 144 Å². The minimum absolute atomic E-state index is 0.350. The van der Waals surface area contributed by atoms with E-state index in [0.717, 1.165) is 31.0 Å². The van der Waals surface area contributed by atoms with Crippen LogP contribution >= 0.6 is 43.5 Å². The number of halogens is 3. The third-order valence-corrected chi connectivity index (χ3v) is 4.24. The van der Waals surface area contributed by atoms with Crippen LogP contribution in [0.1, 0.15) is 5.56 Å². The average Bonchev–Trinajstić information content (AvgIpc) is 2.49. The van der Waals surface area contributed by atoms with Crippen LogP contribution in [0.5, 0.6) is 11.6 Å². The molecule has 0 N–H and O–H groups in total. The fraction of sp³-hybridized carbons (Fsp3) is 0.0625. The Hall–Kier alpha value is -1.10. The third-order valence-electron chi connectivity index (χ3n) is 3.02. The summed E-state index contributed by atoms with van der Waals surface area (Å²) in [4.78, 5) is 4.28. The molecular weight excluding hydrogens is 417 g/mol. The largest absolute Gasteiger partial charge is 0.439 e. The molecule has 1 aromatic heterocycles. The highest BCUT2D eigenvalue weighted by molar-refractivity contribution is 9.10. The van der Waals surface area contributed by atoms with Crippen LogP contribution in [0.2, 0.25) is 0 Å². The molecule has 2 nitrogen and oxygen atoms in total. The minimum Gasteiger partial charge on any atom is -0.439 e. The van der Waals surface area contributed by atoms with Crippen LogP contribution in [-0.2, 0) is 5.88 Å². The molecule has 0 aliphatic carbocycles. The van der Waals surface area contributed by atoms with Crippen LogP contribution in [0.25, 0.3) is 10.8 Å². The van der Waals surface area contributed by atoms with Crippen LogP contribution in [0.3, 0.4) is 0 Å². The minimum atomic E-state index is 0.350. The van der Waals surface area contributed by atoms with E-state index >= 15 is 0 Å². The molecule has 0 saturated heterocycles. The van der Waals surface area contributed by atoms with Crippen molar-refractivity contribution in [2.75, 3.05) is 0 Å². The summed E-state index contributed by atoms with van der Waals surface area (Å²) in [5.41, 5.74) is 0.849. The summed E-state index contributed by atoms with van der Waals surface area (Å²) in [7, 11) is 0. The molecule has 0 atom stereocenters. The van der Waals surface area contributed by atoms with Crippen LogP contribution in [-0.4, -0.2) is 4.98 Å². The molecule has 3 aromatic rings. The van der Waals surface area contributed by atoms with Gasteiger partial charge in [0.05, 0.1) is 5.88 Å². The van der Waals surface area contributed by atoms with E-state index in [1.54, 1.807) is 6.20 Å². The fourth-order valence-corrected chi connectivity index (χ4v) is 2.98. The second-order valence-corrected chi connectivity index (χ2v) is 6.61. The van der Waals surface area contributed by atoms with E-state index in [9.17, 15) is 0 Å². The van der Waals surface area contributed by atoms with Crippen LogP contribution < -0.4 is 4.74 Å². The van der Waals surface area contributed by atoms with Crippen molar-refractivity contribution < 1.29 is 4.74 Å². The normalized spacial score (nSPS) is 10.8. The summed E-state index contributed by atoms with van der Waals surface area (Å²) in [5, 5.41) is 2.26. The van der Waals surface area contributed by atoms with Crippen molar-refractivity contribution in [2.45, 2.75) is 5.88 Å². The van der Waals surface area contributed by atoms with Gasteiger partial charge in [-0.3, -0.25) is 0 Å². The zero-order valence-electron chi connectivity index (χ0n) is 10.8. The topological polar surface area (TPSA) is 22.1 Å². The predicted molar refractivity (Wildman–Crippen MR) is 93.2 cm³/mol. The molecule has 0 bridgehead atoms. The van der Waals surface area contributed by atoms with E-state index in [2.05, 4.69) is 42.9 Å². The monoisotopic (exact) mass is 425 g/mol. The van der Waals surface area contributed by atoms with Gasteiger partial charge in [0.25, 0.3) is 0 Å². The smallest absolute Gasteiger partial charge is 0.223 e. The van der Waals surface area contributed by atoms with Crippen molar-refractivity contribution in [3.8, 4) is 11.6 Å². The summed E-state index contributed by atoms with van der Waals surface area (Å²) in [6, 6.07) is 14.0. The number of nitrogens with zero attached hydrogens (tertiary/aromatic N) is 1. The number of fused-ring (bicyclic) bond motifs is 1. The lowest BCUT2D eigenvalue weighted by Gasteiger charge is -2.09. The van der Waals surface area contributed by atoms with E-state index in [4.69, 9.17) is 16.3 Å². The van der Waals surface area contributed by atoms with Gasteiger partial charge in [-0.15, -0.1) is 11.6 Å². The molecule has 0 aliphatic rings. The van der Waals surface area contributed by atoms with Crippen molar-refractivity contribution in [3.05, 3.63) is 63.2 Å². The summed E-state index contributed by atoms with van der Waals surface area (Å²) in [5.74, 6) is 1.62. The van der Waals surface area contributed by atoms with Crippen LogP contribution in [0, 0.1) is 0 Å². The zero-order valence-corrected chi connectivity index (χ0v) is 14.7. The lowest BCUT2D eigenvalue weighted by Crippen LogP contribution is -1.93. The molecule has 0 spiro atoms. The highest BCUT2D eigenvalue weighted by Crippen LogP contribution is 2.29. The van der Waals surface area contributed by atoms with Crippen molar-refractivity contribution in [1.82, 2.24) is 4.98 Å². The molecule has 0 unspecified atom stereocenters. The second-order valence-electron chi connectivity index (χ2n) is 4.51. The number of aromatic nitrogens is 1. The molecule has 106 valence electrons. The van der Waals surface area contributed by atoms with Gasteiger partial charge >= 0.3 is 0 Å². The Morgan fingerprint density at radius 2 is 1.71 bits per heavy atom. The molecule has 0 fully saturated rings. The number of hydrogen-bond donors (Lipinski definition) is 0. The Morgan fingerprint density at radius 1 is 0.952 bits per heavy atom. The number of hydrogen-bond acceptors (Lipinski definition) is 2. The number of benzene rings is 2. The first kappa shape index (κ1) is 14.8. The Bertz CT molecular complexity index is 807. The first-order valence-corrected chi connectivity index (χ1v) is 8.35. The van der Waals surface area contributed by atoms with Crippen molar-refractivity contribution >= 4 is 54.2 Å². The lowest BCUT2D eigenvalue weighted by molar-refractivity contribution is 0.459. The molecule has 5 heteroatoms. The van der Waals surface area contributed by atoms with E-state index < -0.39 is 0 Å². The predicted octanol–water partition coefficient (Wildman–Crippen LogP) is 6.29. The number of rotatable bonds is 3. The number of alkyl halides is 1. The van der Waals surface area contributed by atoms with Crippen molar-refractivity contribution in [2.24, 2.45) is 0 Å². The Morgan fingerprint density at radius 3 is 2.52 bits per heavy atom. The van der Waals surface area contributed by atoms with E-state index in [1.165, 1.54) is 0 Å². The molecule has 0 saturated carbocycles. The maximum atomic E-state index is 5.94. The highest BCUT2D eigenvalue weighted by atomic mass is 79.9. The molecule has 3 rings (SSSR count).